The molecule has 5 aromatic carbocycles. The fourth-order valence-corrected chi connectivity index (χ4v) is 7.19. The van der Waals surface area contributed by atoms with Crippen molar-refractivity contribution in [3.63, 3.8) is 0 Å². The van der Waals surface area contributed by atoms with Gasteiger partial charge in [0.15, 0.2) is 0 Å². The van der Waals surface area contributed by atoms with E-state index < -0.39 is 0 Å². The van der Waals surface area contributed by atoms with Crippen molar-refractivity contribution < 1.29 is 0 Å². The molecule has 0 fully saturated rings. The van der Waals surface area contributed by atoms with E-state index in [9.17, 15) is 0 Å². The molecule has 0 radical (unpaired) electrons. The van der Waals surface area contributed by atoms with E-state index in [0.29, 0.717) is 22.1 Å². The summed E-state index contributed by atoms with van der Waals surface area (Å²) in [5.41, 5.74) is 14.0. The maximum Gasteiger partial charge on any atom is 0.136 e. The maximum absolute atomic E-state index is 5.25. The van der Waals surface area contributed by atoms with Crippen LogP contribution in [0.1, 0.15) is 11.1 Å². The van der Waals surface area contributed by atoms with Crippen molar-refractivity contribution in [2.24, 2.45) is 0 Å². The summed E-state index contributed by atoms with van der Waals surface area (Å²) in [5, 5.41) is 0. The van der Waals surface area contributed by atoms with Gasteiger partial charge in [-0.3, -0.25) is 0 Å². The zero-order valence-corrected chi connectivity index (χ0v) is 24.3. The van der Waals surface area contributed by atoms with Gasteiger partial charge in [0.2, 0.25) is 0 Å². The van der Waals surface area contributed by atoms with Crippen molar-refractivity contribution >= 4 is 73.6 Å². The van der Waals surface area contributed by atoms with Crippen LogP contribution in [0.4, 0.5) is 17.1 Å². The van der Waals surface area contributed by atoms with Gasteiger partial charge in [0.25, 0.3) is 0 Å². The smallest absolute Gasteiger partial charge is 0.136 e. The monoisotopic (exact) mass is 591 g/mol. The minimum atomic E-state index is 0.693. The van der Waals surface area contributed by atoms with Gasteiger partial charge in [-0.15, -0.1) is 0 Å². The van der Waals surface area contributed by atoms with Crippen molar-refractivity contribution in [2.45, 2.75) is 12.8 Å². The lowest BCUT2D eigenvalue weighted by atomic mass is 10.0. The van der Waals surface area contributed by atoms with Crippen LogP contribution in [0.5, 0.6) is 0 Å². The van der Waals surface area contributed by atoms with E-state index in [0.717, 1.165) is 75.5 Å². The van der Waals surface area contributed by atoms with Crippen molar-refractivity contribution in [1.29, 1.82) is 0 Å². The highest BCUT2D eigenvalue weighted by molar-refractivity contribution is 7.01. The minimum Gasteiger partial charge on any atom is -0.310 e. The molecule has 7 nitrogen and oxygen atoms in total. The van der Waals surface area contributed by atoms with Gasteiger partial charge < -0.3 is 4.90 Å². The van der Waals surface area contributed by atoms with Gasteiger partial charge in [-0.2, -0.15) is 17.5 Å². The average molecular weight is 592 g/mol. The molecular formula is C34H21N7S2. The summed E-state index contributed by atoms with van der Waals surface area (Å²) in [4.78, 5) is 12.8. The highest BCUT2D eigenvalue weighted by Gasteiger charge is 2.24. The third kappa shape index (κ3) is 3.86. The second-order valence-corrected chi connectivity index (χ2v) is 11.6. The van der Waals surface area contributed by atoms with Crippen LogP contribution < -0.4 is 4.90 Å². The van der Waals surface area contributed by atoms with E-state index in [1.807, 2.05) is 18.2 Å². The molecule has 0 bridgehead atoms. The third-order valence-electron chi connectivity index (χ3n) is 8.12. The molecule has 204 valence electrons. The molecule has 0 saturated heterocycles. The number of rotatable bonds is 3. The molecule has 9 heteroatoms. The van der Waals surface area contributed by atoms with Crippen LogP contribution in [0.3, 0.4) is 0 Å². The lowest BCUT2D eigenvalue weighted by Crippen LogP contribution is -2.11. The maximum atomic E-state index is 5.25. The molecule has 0 amide bonds. The van der Waals surface area contributed by atoms with Crippen LogP contribution in [0.2, 0.25) is 0 Å². The summed E-state index contributed by atoms with van der Waals surface area (Å²) in [6, 6.07) is 36.3. The first-order valence-electron chi connectivity index (χ1n) is 14.0. The van der Waals surface area contributed by atoms with E-state index in [1.165, 1.54) is 22.5 Å². The predicted molar refractivity (Wildman–Crippen MR) is 174 cm³/mol. The van der Waals surface area contributed by atoms with E-state index >= 15 is 0 Å². The summed E-state index contributed by atoms with van der Waals surface area (Å²) < 4.78 is 18.2. The topological polar surface area (TPSA) is 80.6 Å². The third-order valence-corrected chi connectivity index (χ3v) is 9.18. The van der Waals surface area contributed by atoms with Crippen LogP contribution >= 0.6 is 23.5 Å². The SMILES string of the molecule is c1ccc(-c2nc3c4nsnc4c4nsnc4c3nc2-c2ccc(N3c4ccccc4CCc4ccccc43)cc2)cc1. The molecule has 1 aliphatic heterocycles. The molecule has 3 aromatic heterocycles. The molecule has 1 aliphatic rings. The Morgan fingerprint density at radius 1 is 0.442 bits per heavy atom. The first-order chi connectivity index (χ1) is 21.3. The number of hydrogen-bond donors (Lipinski definition) is 0. The van der Waals surface area contributed by atoms with Crippen molar-refractivity contribution in [3.8, 4) is 22.5 Å². The fourth-order valence-electron chi connectivity index (χ4n) is 6.09. The molecule has 0 N–H and O–H groups in total. The predicted octanol–water partition coefficient (Wildman–Crippen LogP) is 8.54. The van der Waals surface area contributed by atoms with Gasteiger partial charge in [-0.05, 0) is 48.2 Å². The highest BCUT2D eigenvalue weighted by atomic mass is 32.1. The van der Waals surface area contributed by atoms with Crippen molar-refractivity contribution in [2.75, 3.05) is 4.90 Å². The molecular weight excluding hydrogens is 571 g/mol. The standard InChI is InChI=1S/C34H21N7S2/c1-2-10-22(11-3-1)27-28(36-30-29(35-27)31-33(39-42-37-31)34-32(30)38-43-40-34)23-16-18-24(19-17-23)41-25-12-6-4-8-20(25)14-15-21-9-5-7-13-26(21)41/h1-13,16-19H,14-15H2. The first-order valence-corrected chi connectivity index (χ1v) is 15.5. The summed E-state index contributed by atoms with van der Waals surface area (Å²) in [5.74, 6) is 0. The number of anilines is 3. The molecule has 43 heavy (non-hydrogen) atoms. The van der Waals surface area contributed by atoms with E-state index in [2.05, 4.69) is 107 Å². The first kappa shape index (κ1) is 24.5. The van der Waals surface area contributed by atoms with Crippen LogP contribution in [0, 0.1) is 0 Å². The number of nitrogens with zero attached hydrogens (tertiary/aromatic N) is 7. The number of hydrogen-bond acceptors (Lipinski definition) is 9. The minimum absolute atomic E-state index is 0.693. The highest BCUT2D eigenvalue weighted by Crippen LogP contribution is 2.43. The number of fused-ring (bicyclic) bond motifs is 8. The molecule has 0 atom stereocenters. The average Bonchev–Trinajstić information content (AvgIpc) is 3.73. The molecule has 0 aliphatic carbocycles. The summed E-state index contributed by atoms with van der Waals surface area (Å²) in [7, 11) is 0. The van der Waals surface area contributed by atoms with E-state index in [1.54, 1.807) is 0 Å². The number of benzene rings is 5. The Hall–Kier alpha value is -5.12. The summed E-state index contributed by atoms with van der Waals surface area (Å²) in [6.07, 6.45) is 2.02. The van der Waals surface area contributed by atoms with Crippen molar-refractivity contribution in [1.82, 2.24) is 27.5 Å². The van der Waals surface area contributed by atoms with Gasteiger partial charge in [0.1, 0.15) is 33.1 Å². The zero-order valence-electron chi connectivity index (χ0n) is 22.7. The Morgan fingerprint density at radius 3 is 1.42 bits per heavy atom. The molecule has 0 spiro atoms. The Morgan fingerprint density at radius 2 is 0.884 bits per heavy atom. The van der Waals surface area contributed by atoms with E-state index in [-0.39, 0.29) is 0 Å². The Kier molecular flexibility index (Phi) is 5.53. The van der Waals surface area contributed by atoms with Crippen LogP contribution in [0.25, 0.3) is 55.6 Å². The molecule has 8 aromatic rings. The van der Waals surface area contributed by atoms with Gasteiger partial charge >= 0.3 is 0 Å². The quantitative estimate of drug-likeness (QED) is 0.204. The van der Waals surface area contributed by atoms with Crippen molar-refractivity contribution in [3.05, 3.63) is 114 Å². The molecule has 9 rings (SSSR count). The normalized spacial score (nSPS) is 12.9. The van der Waals surface area contributed by atoms with E-state index in [4.69, 9.17) is 9.97 Å². The lowest BCUT2D eigenvalue weighted by molar-refractivity contribution is 0.977. The zero-order chi connectivity index (χ0) is 28.3. The molecule has 4 heterocycles. The van der Waals surface area contributed by atoms with Crippen LogP contribution in [0.15, 0.2) is 103 Å². The Bertz CT molecular complexity index is 2260. The van der Waals surface area contributed by atoms with Gasteiger partial charge in [0, 0.05) is 28.2 Å². The van der Waals surface area contributed by atoms with Gasteiger partial charge in [-0.1, -0.05) is 78.9 Å². The lowest BCUT2D eigenvalue weighted by Gasteiger charge is -2.27. The van der Waals surface area contributed by atoms with Crippen LogP contribution in [-0.4, -0.2) is 27.5 Å². The second-order valence-electron chi connectivity index (χ2n) is 10.5. The summed E-state index contributed by atoms with van der Waals surface area (Å²) in [6.45, 7) is 0. The molecule has 0 saturated carbocycles. The Labute approximate surface area is 254 Å². The molecule has 0 unspecified atom stereocenters. The van der Waals surface area contributed by atoms with Crippen LogP contribution in [-0.2, 0) is 12.8 Å². The largest absolute Gasteiger partial charge is 0.310 e. The number of aryl methyl sites for hydroxylation is 2. The number of aromatic nitrogens is 6. The second kappa shape index (κ2) is 9.72. The van der Waals surface area contributed by atoms with Gasteiger partial charge in [0.05, 0.1) is 34.8 Å². The number of para-hydroxylation sites is 2. The summed E-state index contributed by atoms with van der Waals surface area (Å²) >= 11 is 2.32. The Balaban J connectivity index is 1.26. The fraction of sp³-hybridized carbons (Fsp3) is 0.0588. The van der Waals surface area contributed by atoms with Gasteiger partial charge in [-0.25, -0.2) is 9.97 Å².